The zero-order chi connectivity index (χ0) is 15.2. The summed E-state index contributed by atoms with van der Waals surface area (Å²) in [7, 11) is 0. The first-order chi connectivity index (χ1) is 10.0. The second-order valence-electron chi connectivity index (χ2n) is 4.05. The van der Waals surface area contributed by atoms with Gasteiger partial charge in [0.2, 0.25) is 5.91 Å². The second kappa shape index (κ2) is 7.10. The topological polar surface area (TPSA) is 79.3 Å². The van der Waals surface area contributed by atoms with Crippen LogP contribution in [0.1, 0.15) is 10.4 Å². The average Bonchev–Trinajstić information content (AvgIpc) is 2.45. The molecule has 2 aromatic rings. The summed E-state index contributed by atoms with van der Waals surface area (Å²) in [5.41, 5.74) is 0.389. The van der Waals surface area contributed by atoms with Crippen molar-refractivity contribution in [3.8, 4) is 0 Å². The van der Waals surface area contributed by atoms with E-state index >= 15 is 0 Å². The quantitative estimate of drug-likeness (QED) is 0.827. The number of hydrogen-bond donors (Lipinski definition) is 2. The van der Waals surface area contributed by atoms with E-state index in [-0.39, 0.29) is 22.2 Å². The van der Waals surface area contributed by atoms with Gasteiger partial charge in [-0.25, -0.2) is 4.79 Å². The number of carbonyl (C=O) groups is 2. The van der Waals surface area contributed by atoms with Crippen LogP contribution >= 0.6 is 23.4 Å². The summed E-state index contributed by atoms with van der Waals surface area (Å²) in [6.45, 7) is 0. The summed E-state index contributed by atoms with van der Waals surface area (Å²) < 4.78 is 0. The Kier molecular flexibility index (Phi) is 5.19. The molecular formula is C14H11ClN2O3S. The van der Waals surface area contributed by atoms with E-state index in [2.05, 4.69) is 10.3 Å². The third-order valence-corrected chi connectivity index (χ3v) is 3.68. The second-order valence-corrected chi connectivity index (χ2v) is 5.54. The Morgan fingerprint density at radius 3 is 2.62 bits per heavy atom. The Hall–Kier alpha value is -2.05. The van der Waals surface area contributed by atoms with Gasteiger partial charge in [-0.1, -0.05) is 11.6 Å². The van der Waals surface area contributed by atoms with Crippen LogP contribution < -0.4 is 5.32 Å². The predicted molar refractivity (Wildman–Crippen MR) is 82.0 cm³/mol. The summed E-state index contributed by atoms with van der Waals surface area (Å²) in [5, 5.41) is 11.8. The van der Waals surface area contributed by atoms with E-state index in [0.717, 1.165) is 4.90 Å². The number of nitrogens with zero attached hydrogens (tertiary/aromatic N) is 1. The van der Waals surface area contributed by atoms with Crippen LogP contribution in [0.4, 0.5) is 5.69 Å². The number of halogens is 1. The van der Waals surface area contributed by atoms with Crippen molar-refractivity contribution in [1.29, 1.82) is 0 Å². The van der Waals surface area contributed by atoms with Crippen LogP contribution in [-0.2, 0) is 4.79 Å². The van der Waals surface area contributed by atoms with Gasteiger partial charge in [-0.3, -0.25) is 9.78 Å². The largest absolute Gasteiger partial charge is 0.478 e. The predicted octanol–water partition coefficient (Wildman–Crippen LogP) is 3.16. The third kappa shape index (κ3) is 4.77. The molecule has 0 aliphatic heterocycles. The molecule has 21 heavy (non-hydrogen) atoms. The zero-order valence-corrected chi connectivity index (χ0v) is 12.3. The van der Waals surface area contributed by atoms with Gasteiger partial charge in [0.1, 0.15) is 0 Å². The van der Waals surface area contributed by atoms with Crippen molar-refractivity contribution in [2.75, 3.05) is 11.1 Å². The van der Waals surface area contributed by atoms with Crippen LogP contribution in [0.5, 0.6) is 0 Å². The molecule has 0 aliphatic rings. The van der Waals surface area contributed by atoms with E-state index in [0.29, 0.717) is 5.69 Å². The van der Waals surface area contributed by atoms with E-state index < -0.39 is 5.97 Å². The number of amides is 1. The molecule has 1 aromatic heterocycles. The molecule has 1 aromatic carbocycles. The van der Waals surface area contributed by atoms with Crippen LogP contribution in [0, 0.1) is 0 Å². The highest BCUT2D eigenvalue weighted by Crippen LogP contribution is 2.20. The summed E-state index contributed by atoms with van der Waals surface area (Å²) in [6, 6.07) is 7.80. The number of aromatic carboxylic acids is 1. The van der Waals surface area contributed by atoms with Crippen LogP contribution in [0.3, 0.4) is 0 Å². The van der Waals surface area contributed by atoms with E-state index in [4.69, 9.17) is 16.7 Å². The highest BCUT2D eigenvalue weighted by atomic mass is 35.5. The average molecular weight is 323 g/mol. The zero-order valence-electron chi connectivity index (χ0n) is 10.7. The number of rotatable bonds is 5. The molecule has 2 N–H and O–H groups in total. The molecular weight excluding hydrogens is 312 g/mol. The fourth-order valence-corrected chi connectivity index (χ4v) is 2.48. The Labute approximate surface area is 130 Å². The van der Waals surface area contributed by atoms with Crippen molar-refractivity contribution in [2.24, 2.45) is 0 Å². The van der Waals surface area contributed by atoms with Gasteiger partial charge in [-0.15, -0.1) is 11.8 Å². The third-order valence-electron chi connectivity index (χ3n) is 2.45. The van der Waals surface area contributed by atoms with E-state index in [9.17, 15) is 9.59 Å². The molecule has 2 rings (SSSR count). The summed E-state index contributed by atoms with van der Waals surface area (Å²) in [4.78, 5) is 27.6. The lowest BCUT2D eigenvalue weighted by atomic mass is 10.2. The van der Waals surface area contributed by atoms with Gasteiger partial charge in [-0.05, 0) is 30.3 Å². The van der Waals surface area contributed by atoms with Gasteiger partial charge in [0.05, 0.1) is 11.3 Å². The summed E-state index contributed by atoms with van der Waals surface area (Å²) >= 11 is 7.18. The Morgan fingerprint density at radius 1 is 1.24 bits per heavy atom. The van der Waals surface area contributed by atoms with Crippen molar-refractivity contribution in [3.63, 3.8) is 0 Å². The van der Waals surface area contributed by atoms with Gasteiger partial charge < -0.3 is 10.4 Å². The number of carboxylic acid groups (broad SMARTS) is 1. The Morgan fingerprint density at radius 2 is 1.95 bits per heavy atom. The first-order valence-corrected chi connectivity index (χ1v) is 7.27. The van der Waals surface area contributed by atoms with Crippen LogP contribution in [-0.4, -0.2) is 27.7 Å². The highest BCUT2D eigenvalue weighted by molar-refractivity contribution is 8.00. The van der Waals surface area contributed by atoms with Crippen molar-refractivity contribution >= 4 is 40.9 Å². The van der Waals surface area contributed by atoms with E-state index in [1.165, 1.54) is 30.0 Å². The van der Waals surface area contributed by atoms with Gasteiger partial charge in [0, 0.05) is 28.0 Å². The van der Waals surface area contributed by atoms with Gasteiger partial charge in [0.15, 0.2) is 0 Å². The lowest BCUT2D eigenvalue weighted by molar-refractivity contribution is -0.113. The van der Waals surface area contributed by atoms with Gasteiger partial charge in [0.25, 0.3) is 0 Å². The van der Waals surface area contributed by atoms with E-state index in [1.807, 2.05) is 0 Å². The minimum absolute atomic E-state index is 0.0274. The molecule has 0 saturated heterocycles. The molecule has 0 radical (unpaired) electrons. The first-order valence-electron chi connectivity index (χ1n) is 5.91. The smallest absolute Gasteiger partial charge is 0.335 e. The Bertz CT molecular complexity index is 665. The Balaban J connectivity index is 1.98. The number of carbonyl (C=O) groups excluding carboxylic acids is 1. The number of hydrogen-bond acceptors (Lipinski definition) is 4. The fourth-order valence-electron chi connectivity index (χ4n) is 1.57. The maximum absolute atomic E-state index is 11.8. The summed E-state index contributed by atoms with van der Waals surface area (Å²) in [6.07, 6.45) is 3.30. The van der Waals surface area contributed by atoms with Crippen molar-refractivity contribution in [3.05, 3.63) is 53.3 Å². The monoisotopic (exact) mass is 322 g/mol. The van der Waals surface area contributed by atoms with Crippen molar-refractivity contribution in [2.45, 2.75) is 4.90 Å². The maximum atomic E-state index is 11.8. The first kappa shape index (κ1) is 15.3. The minimum Gasteiger partial charge on any atom is -0.478 e. The molecule has 0 bridgehead atoms. The van der Waals surface area contributed by atoms with Crippen LogP contribution in [0.2, 0.25) is 5.02 Å². The van der Waals surface area contributed by atoms with Gasteiger partial charge >= 0.3 is 5.97 Å². The fraction of sp³-hybridized carbons (Fsp3) is 0.0714. The number of benzene rings is 1. The molecule has 0 unspecified atom stereocenters. The number of pyridine rings is 1. The number of anilines is 1. The number of thioether (sulfide) groups is 1. The molecule has 5 nitrogen and oxygen atoms in total. The normalized spacial score (nSPS) is 10.1. The molecule has 0 aliphatic carbocycles. The van der Waals surface area contributed by atoms with Crippen molar-refractivity contribution in [1.82, 2.24) is 4.98 Å². The van der Waals surface area contributed by atoms with E-state index in [1.54, 1.807) is 24.5 Å². The molecule has 1 heterocycles. The molecule has 0 spiro atoms. The van der Waals surface area contributed by atoms with Crippen LogP contribution in [0.15, 0.2) is 47.6 Å². The molecule has 0 fully saturated rings. The SMILES string of the molecule is O=C(CSc1ccncc1)Nc1cc(Cl)cc(C(=O)O)c1. The number of aromatic nitrogens is 1. The van der Waals surface area contributed by atoms with Gasteiger partial charge in [-0.2, -0.15) is 0 Å². The highest BCUT2D eigenvalue weighted by Gasteiger charge is 2.09. The number of carboxylic acids is 1. The van der Waals surface area contributed by atoms with Crippen molar-refractivity contribution < 1.29 is 14.7 Å². The van der Waals surface area contributed by atoms with Crippen LogP contribution in [0.25, 0.3) is 0 Å². The molecule has 108 valence electrons. The number of nitrogens with one attached hydrogen (secondary N) is 1. The lowest BCUT2D eigenvalue weighted by Crippen LogP contribution is -2.14. The molecule has 7 heteroatoms. The molecule has 0 atom stereocenters. The maximum Gasteiger partial charge on any atom is 0.335 e. The lowest BCUT2D eigenvalue weighted by Gasteiger charge is -2.07. The standard InChI is InChI=1S/C14H11ClN2O3S/c15-10-5-9(14(19)20)6-11(7-10)17-13(18)8-21-12-1-3-16-4-2-12/h1-7H,8H2,(H,17,18)(H,19,20). The molecule has 1 amide bonds. The minimum atomic E-state index is -1.10. The molecule has 0 saturated carbocycles. The summed E-state index contributed by atoms with van der Waals surface area (Å²) in [5.74, 6) is -1.13.